The number of carboxylic acids is 1. The molecule has 7 heteroatoms. The Morgan fingerprint density at radius 1 is 1.18 bits per heavy atom. The fraction of sp³-hybridized carbons (Fsp3) is 0. The first-order chi connectivity index (χ1) is 10.6. The molecule has 0 amide bonds. The maximum Gasteiger partial charge on any atom is 0.358 e. The largest absolute Gasteiger partial charge is 0.476 e. The van der Waals surface area contributed by atoms with Crippen molar-refractivity contribution in [3.63, 3.8) is 0 Å². The van der Waals surface area contributed by atoms with Crippen molar-refractivity contribution in [1.82, 2.24) is 15.0 Å². The highest BCUT2D eigenvalue weighted by molar-refractivity contribution is 6.30. The number of aromatic nitrogens is 3. The lowest BCUT2D eigenvalue weighted by atomic mass is 10.1. The molecule has 0 aliphatic rings. The number of carbonyl (C=O) groups is 1. The van der Waals surface area contributed by atoms with Crippen molar-refractivity contribution >= 4 is 17.6 Å². The van der Waals surface area contributed by atoms with Gasteiger partial charge in [0.15, 0.2) is 5.69 Å². The normalized spacial score (nSPS) is 10.6. The van der Waals surface area contributed by atoms with E-state index < -0.39 is 11.8 Å². The summed E-state index contributed by atoms with van der Waals surface area (Å²) < 4.78 is 14.8. The molecule has 0 spiro atoms. The van der Waals surface area contributed by atoms with Crippen molar-refractivity contribution in [1.29, 1.82) is 0 Å². The highest BCUT2D eigenvalue weighted by atomic mass is 35.5. The fourth-order valence-corrected chi connectivity index (χ4v) is 2.21. The number of hydrogen-bond acceptors (Lipinski definition) is 3. The Kier molecular flexibility index (Phi) is 3.60. The zero-order valence-electron chi connectivity index (χ0n) is 11.1. The number of halogens is 2. The summed E-state index contributed by atoms with van der Waals surface area (Å²) in [6, 6.07) is 12.2. The van der Waals surface area contributed by atoms with Crippen LogP contribution in [0.15, 0.2) is 48.5 Å². The summed E-state index contributed by atoms with van der Waals surface area (Å²) in [4.78, 5) is 11.3. The molecule has 0 atom stereocenters. The van der Waals surface area contributed by atoms with Crippen LogP contribution >= 0.6 is 11.6 Å². The Morgan fingerprint density at radius 3 is 2.55 bits per heavy atom. The van der Waals surface area contributed by atoms with E-state index in [1.165, 1.54) is 22.9 Å². The van der Waals surface area contributed by atoms with Gasteiger partial charge in [-0.2, -0.15) is 0 Å². The highest BCUT2D eigenvalue weighted by Gasteiger charge is 2.21. The molecule has 0 unspecified atom stereocenters. The molecule has 0 fully saturated rings. The Labute approximate surface area is 129 Å². The highest BCUT2D eigenvalue weighted by Crippen LogP contribution is 2.26. The first kappa shape index (κ1) is 14.2. The van der Waals surface area contributed by atoms with Crippen molar-refractivity contribution in [2.45, 2.75) is 0 Å². The topological polar surface area (TPSA) is 68.0 Å². The molecule has 110 valence electrons. The molecule has 3 rings (SSSR count). The minimum absolute atomic E-state index is 0.203. The molecule has 3 aromatic rings. The molecule has 0 aliphatic carbocycles. The van der Waals surface area contributed by atoms with Gasteiger partial charge in [0, 0.05) is 10.6 Å². The van der Waals surface area contributed by atoms with Crippen molar-refractivity contribution < 1.29 is 14.3 Å². The number of rotatable bonds is 3. The molecule has 0 saturated heterocycles. The lowest BCUT2D eigenvalue weighted by molar-refractivity contribution is 0.0691. The Morgan fingerprint density at radius 2 is 1.91 bits per heavy atom. The number of nitrogens with zero attached hydrogens (tertiary/aromatic N) is 3. The van der Waals surface area contributed by atoms with Crippen LogP contribution in [0.25, 0.3) is 16.9 Å². The van der Waals surface area contributed by atoms with Crippen molar-refractivity contribution in [3.8, 4) is 16.9 Å². The summed E-state index contributed by atoms with van der Waals surface area (Å²) in [7, 11) is 0. The first-order valence-electron chi connectivity index (χ1n) is 6.27. The van der Waals surface area contributed by atoms with Crippen LogP contribution in [0, 0.1) is 5.82 Å². The molecule has 5 nitrogen and oxygen atoms in total. The van der Waals surface area contributed by atoms with E-state index in [4.69, 9.17) is 11.6 Å². The van der Waals surface area contributed by atoms with Crippen LogP contribution in [0.3, 0.4) is 0 Å². The molecular weight excluding hydrogens is 309 g/mol. The van der Waals surface area contributed by atoms with Crippen LogP contribution in [0.4, 0.5) is 4.39 Å². The van der Waals surface area contributed by atoms with E-state index in [1.54, 1.807) is 30.3 Å². The zero-order chi connectivity index (χ0) is 15.7. The second-order valence-electron chi connectivity index (χ2n) is 4.49. The van der Waals surface area contributed by atoms with Crippen molar-refractivity contribution in [2.24, 2.45) is 0 Å². The SMILES string of the molecule is O=C(O)c1nnn(-c2ccc(Cl)cc2)c1-c1cccc(F)c1. The van der Waals surface area contributed by atoms with E-state index in [2.05, 4.69) is 10.3 Å². The lowest BCUT2D eigenvalue weighted by Gasteiger charge is -2.07. The average molecular weight is 318 g/mol. The summed E-state index contributed by atoms with van der Waals surface area (Å²) in [5.41, 5.74) is 0.899. The van der Waals surface area contributed by atoms with E-state index in [1.807, 2.05) is 0 Å². The molecule has 22 heavy (non-hydrogen) atoms. The van der Waals surface area contributed by atoms with E-state index >= 15 is 0 Å². The van der Waals surface area contributed by atoms with Gasteiger partial charge in [0.1, 0.15) is 11.5 Å². The van der Waals surface area contributed by atoms with Gasteiger partial charge in [-0.15, -0.1) is 5.10 Å². The first-order valence-corrected chi connectivity index (χ1v) is 6.65. The Bertz CT molecular complexity index is 846. The number of benzene rings is 2. The minimum atomic E-state index is -1.24. The maximum absolute atomic E-state index is 13.5. The summed E-state index contributed by atoms with van der Waals surface area (Å²) in [6.45, 7) is 0. The third-order valence-electron chi connectivity index (χ3n) is 3.04. The van der Waals surface area contributed by atoms with Gasteiger partial charge in [-0.05, 0) is 36.4 Å². The van der Waals surface area contributed by atoms with Gasteiger partial charge in [0.05, 0.1) is 5.69 Å². The van der Waals surface area contributed by atoms with Crippen LogP contribution in [-0.2, 0) is 0 Å². The van der Waals surface area contributed by atoms with Gasteiger partial charge >= 0.3 is 5.97 Å². The monoisotopic (exact) mass is 317 g/mol. The minimum Gasteiger partial charge on any atom is -0.476 e. The quantitative estimate of drug-likeness (QED) is 0.803. The second kappa shape index (κ2) is 5.57. The van der Waals surface area contributed by atoms with Gasteiger partial charge in [0.25, 0.3) is 0 Å². The molecule has 0 saturated carbocycles. The van der Waals surface area contributed by atoms with Crippen molar-refractivity contribution in [3.05, 3.63) is 65.1 Å². The lowest BCUT2D eigenvalue weighted by Crippen LogP contribution is -2.03. The number of carboxylic acid groups (broad SMARTS) is 1. The molecular formula is C15H9ClFN3O2. The van der Waals surface area contributed by atoms with E-state index in [0.29, 0.717) is 16.3 Å². The van der Waals surface area contributed by atoms with Crippen LogP contribution in [0.5, 0.6) is 0 Å². The van der Waals surface area contributed by atoms with Crippen molar-refractivity contribution in [2.75, 3.05) is 0 Å². The summed E-state index contributed by atoms with van der Waals surface area (Å²) >= 11 is 5.84. The molecule has 0 radical (unpaired) electrons. The van der Waals surface area contributed by atoms with Crippen LogP contribution in [0.2, 0.25) is 5.02 Å². The molecule has 1 heterocycles. The van der Waals surface area contributed by atoms with Crippen LogP contribution < -0.4 is 0 Å². The smallest absolute Gasteiger partial charge is 0.358 e. The average Bonchev–Trinajstić information content (AvgIpc) is 2.93. The zero-order valence-corrected chi connectivity index (χ0v) is 11.8. The second-order valence-corrected chi connectivity index (χ2v) is 4.93. The predicted octanol–water partition coefficient (Wildman–Crippen LogP) is 3.43. The molecule has 1 aromatic heterocycles. The maximum atomic E-state index is 13.5. The van der Waals surface area contributed by atoms with Gasteiger partial charge in [-0.25, -0.2) is 13.9 Å². The Balaban J connectivity index is 2.24. The fourth-order valence-electron chi connectivity index (χ4n) is 2.08. The third-order valence-corrected chi connectivity index (χ3v) is 3.29. The van der Waals surface area contributed by atoms with Gasteiger partial charge in [-0.3, -0.25) is 0 Å². The molecule has 0 bridgehead atoms. The van der Waals surface area contributed by atoms with Gasteiger partial charge in [0.2, 0.25) is 0 Å². The van der Waals surface area contributed by atoms with E-state index in [9.17, 15) is 14.3 Å². The number of aromatic carboxylic acids is 1. The Hall–Kier alpha value is -2.73. The van der Waals surface area contributed by atoms with E-state index in [0.717, 1.165) is 0 Å². The standard InChI is InChI=1S/C15H9ClFN3O2/c16-10-4-6-12(7-5-10)20-14(13(15(21)22)18-19-20)9-2-1-3-11(17)8-9/h1-8H,(H,21,22). The summed E-state index contributed by atoms with van der Waals surface area (Å²) in [5, 5.41) is 17.3. The predicted molar refractivity (Wildman–Crippen MR) is 78.7 cm³/mol. The van der Waals surface area contributed by atoms with Crippen LogP contribution in [-0.4, -0.2) is 26.1 Å². The molecule has 2 aromatic carbocycles. The van der Waals surface area contributed by atoms with Crippen LogP contribution in [0.1, 0.15) is 10.5 Å². The molecule has 1 N–H and O–H groups in total. The third kappa shape index (κ3) is 2.56. The summed E-state index contributed by atoms with van der Waals surface area (Å²) in [6.07, 6.45) is 0. The van der Waals surface area contributed by atoms with Gasteiger partial charge < -0.3 is 5.11 Å². The molecule has 0 aliphatic heterocycles. The number of hydrogen-bond donors (Lipinski definition) is 1. The van der Waals surface area contributed by atoms with E-state index in [-0.39, 0.29) is 11.4 Å². The van der Waals surface area contributed by atoms with Gasteiger partial charge in [-0.1, -0.05) is 28.9 Å². The summed E-state index contributed by atoms with van der Waals surface area (Å²) in [5.74, 6) is -1.71.